The van der Waals surface area contributed by atoms with Crippen LogP contribution in [0.25, 0.3) is 0 Å². The molecule has 1 aliphatic carbocycles. The number of nitrogens with one attached hydrogen (secondary N) is 1. The maximum absolute atomic E-state index is 12.7. The smallest absolute Gasteiger partial charge is 0.416 e. The van der Waals surface area contributed by atoms with E-state index in [-0.39, 0.29) is 23.8 Å². The molecule has 1 N–H and O–H groups in total. The normalized spacial score (nSPS) is 22.9. The Balaban J connectivity index is 1.42. The van der Waals surface area contributed by atoms with E-state index in [0.29, 0.717) is 25.9 Å². The van der Waals surface area contributed by atoms with Gasteiger partial charge in [-0.3, -0.25) is 4.79 Å². The van der Waals surface area contributed by atoms with Crippen molar-refractivity contribution in [2.45, 2.75) is 70.2 Å². The first-order valence-corrected chi connectivity index (χ1v) is 10.4. The van der Waals surface area contributed by atoms with Crippen molar-refractivity contribution in [3.8, 4) is 0 Å². The van der Waals surface area contributed by atoms with Gasteiger partial charge in [0.1, 0.15) is 5.60 Å². The van der Waals surface area contributed by atoms with Crippen LogP contribution in [-0.2, 0) is 15.7 Å². The molecule has 0 aromatic heterocycles. The van der Waals surface area contributed by atoms with Crippen LogP contribution in [0, 0.1) is 5.92 Å². The van der Waals surface area contributed by atoms with Crippen molar-refractivity contribution < 1.29 is 27.5 Å². The van der Waals surface area contributed by atoms with Gasteiger partial charge in [-0.05, 0) is 64.2 Å². The van der Waals surface area contributed by atoms with Crippen LogP contribution in [0.5, 0.6) is 0 Å². The summed E-state index contributed by atoms with van der Waals surface area (Å²) in [5.41, 5.74) is -0.370. The maximum atomic E-state index is 12.7. The molecule has 1 aromatic rings. The van der Waals surface area contributed by atoms with Crippen molar-refractivity contribution >= 4 is 12.0 Å². The van der Waals surface area contributed by atoms with E-state index in [1.165, 1.54) is 12.1 Å². The monoisotopic (exact) mass is 426 g/mol. The van der Waals surface area contributed by atoms with Crippen LogP contribution < -0.4 is 5.32 Å². The van der Waals surface area contributed by atoms with E-state index in [1.54, 1.807) is 4.90 Å². The molecule has 30 heavy (non-hydrogen) atoms. The van der Waals surface area contributed by atoms with Crippen molar-refractivity contribution in [1.82, 2.24) is 10.2 Å². The number of carbonyl (C=O) groups excluding carboxylic acids is 2. The largest absolute Gasteiger partial charge is 0.444 e. The quantitative estimate of drug-likeness (QED) is 0.761. The van der Waals surface area contributed by atoms with E-state index in [2.05, 4.69) is 5.32 Å². The second kappa shape index (κ2) is 8.47. The number of hydrogen-bond acceptors (Lipinski definition) is 3. The minimum absolute atomic E-state index is 0.0141. The molecule has 0 spiro atoms. The number of hydrogen-bond donors (Lipinski definition) is 1. The third-order valence-corrected chi connectivity index (χ3v) is 5.70. The van der Waals surface area contributed by atoms with Crippen LogP contribution in [0.3, 0.4) is 0 Å². The number of likely N-dealkylation sites (tertiary alicyclic amines) is 1. The Bertz CT molecular complexity index is 757. The van der Waals surface area contributed by atoms with E-state index in [9.17, 15) is 22.8 Å². The second-order valence-corrected chi connectivity index (χ2v) is 9.25. The van der Waals surface area contributed by atoms with Gasteiger partial charge in [0.05, 0.1) is 5.56 Å². The Morgan fingerprint density at radius 2 is 1.57 bits per heavy atom. The number of alkyl carbamates (subject to hydrolysis) is 1. The van der Waals surface area contributed by atoms with Gasteiger partial charge >= 0.3 is 12.3 Å². The van der Waals surface area contributed by atoms with Gasteiger partial charge in [-0.25, -0.2) is 4.79 Å². The number of amides is 2. The molecule has 1 aliphatic heterocycles. The molecule has 0 unspecified atom stereocenters. The Hall–Kier alpha value is -2.25. The molecule has 8 heteroatoms. The summed E-state index contributed by atoms with van der Waals surface area (Å²) in [6.07, 6.45) is -1.89. The van der Waals surface area contributed by atoms with Crippen LogP contribution in [0.4, 0.5) is 18.0 Å². The zero-order valence-corrected chi connectivity index (χ0v) is 17.6. The highest BCUT2D eigenvalue weighted by molar-refractivity contribution is 5.80. The van der Waals surface area contributed by atoms with Gasteiger partial charge in [0.25, 0.3) is 0 Å². The predicted octanol–water partition coefficient (Wildman–Crippen LogP) is 4.71. The molecule has 0 bridgehead atoms. The van der Waals surface area contributed by atoms with Crippen molar-refractivity contribution in [1.29, 1.82) is 0 Å². The van der Waals surface area contributed by atoms with Crippen LogP contribution in [0.15, 0.2) is 24.3 Å². The molecule has 0 radical (unpaired) electrons. The number of carbonyl (C=O) groups is 2. The van der Waals surface area contributed by atoms with Gasteiger partial charge in [0, 0.05) is 31.0 Å². The van der Waals surface area contributed by atoms with Gasteiger partial charge in [0.2, 0.25) is 5.91 Å². The fourth-order valence-electron chi connectivity index (χ4n) is 4.03. The van der Waals surface area contributed by atoms with Crippen molar-refractivity contribution in [2.75, 3.05) is 13.1 Å². The number of nitrogens with zero attached hydrogens (tertiary/aromatic N) is 1. The highest BCUT2D eigenvalue weighted by Crippen LogP contribution is 2.34. The minimum atomic E-state index is -4.34. The summed E-state index contributed by atoms with van der Waals surface area (Å²) in [5, 5.41) is 2.87. The number of ether oxygens (including phenoxy) is 1. The fraction of sp³-hybridized carbons (Fsp3) is 0.636. The van der Waals surface area contributed by atoms with E-state index in [1.807, 2.05) is 20.8 Å². The van der Waals surface area contributed by atoms with Crippen LogP contribution in [0.2, 0.25) is 0 Å². The second-order valence-electron chi connectivity index (χ2n) is 9.25. The highest BCUT2D eigenvalue weighted by Gasteiger charge is 2.37. The minimum Gasteiger partial charge on any atom is -0.444 e. The Morgan fingerprint density at radius 3 is 2.07 bits per heavy atom. The summed E-state index contributed by atoms with van der Waals surface area (Å²) in [6.45, 7) is 6.52. The van der Waals surface area contributed by atoms with Crippen LogP contribution in [-0.4, -0.2) is 41.6 Å². The van der Waals surface area contributed by atoms with E-state index in [0.717, 1.165) is 30.5 Å². The van der Waals surface area contributed by atoms with Gasteiger partial charge in [-0.1, -0.05) is 12.1 Å². The summed E-state index contributed by atoms with van der Waals surface area (Å²) >= 11 is 0. The summed E-state index contributed by atoms with van der Waals surface area (Å²) < 4.78 is 43.3. The van der Waals surface area contributed by atoms with Crippen LogP contribution >= 0.6 is 0 Å². The zero-order chi connectivity index (χ0) is 22.1. The van der Waals surface area contributed by atoms with Crippen LogP contribution in [0.1, 0.15) is 63.5 Å². The molecule has 0 atom stereocenters. The highest BCUT2D eigenvalue weighted by atomic mass is 19.4. The maximum Gasteiger partial charge on any atom is 0.416 e. The van der Waals surface area contributed by atoms with Gasteiger partial charge < -0.3 is 15.0 Å². The topological polar surface area (TPSA) is 58.6 Å². The molecule has 1 saturated carbocycles. The lowest BCUT2D eigenvalue weighted by Crippen LogP contribution is -2.51. The van der Waals surface area contributed by atoms with E-state index < -0.39 is 23.4 Å². The molecule has 1 heterocycles. The molecule has 3 rings (SSSR count). The zero-order valence-electron chi connectivity index (χ0n) is 17.6. The molecular weight excluding hydrogens is 397 g/mol. The van der Waals surface area contributed by atoms with Gasteiger partial charge in [0.15, 0.2) is 0 Å². The third-order valence-electron chi connectivity index (χ3n) is 5.70. The molecule has 2 amide bonds. The van der Waals surface area contributed by atoms with E-state index >= 15 is 0 Å². The van der Waals surface area contributed by atoms with Gasteiger partial charge in [-0.2, -0.15) is 13.2 Å². The molecule has 5 nitrogen and oxygen atoms in total. The number of rotatable bonds is 3. The molecule has 2 aliphatic rings. The number of alkyl halides is 3. The summed E-state index contributed by atoms with van der Waals surface area (Å²) in [4.78, 5) is 26.4. The lowest BCUT2D eigenvalue weighted by atomic mass is 9.83. The van der Waals surface area contributed by atoms with E-state index in [4.69, 9.17) is 4.74 Å². The SMILES string of the molecule is CC(C)(C)OC(=O)N[C@H]1CC[C@H](C(=O)N2CC(c3ccc(C(F)(F)F)cc3)C2)CC1. The Labute approximate surface area is 175 Å². The predicted molar refractivity (Wildman–Crippen MR) is 106 cm³/mol. The van der Waals surface area contributed by atoms with Gasteiger partial charge in [-0.15, -0.1) is 0 Å². The molecule has 1 saturated heterocycles. The molecule has 1 aromatic carbocycles. The first-order chi connectivity index (χ1) is 13.9. The average Bonchev–Trinajstić information content (AvgIpc) is 2.59. The Kier molecular flexibility index (Phi) is 6.34. The molecule has 2 fully saturated rings. The lowest BCUT2D eigenvalue weighted by Gasteiger charge is -2.42. The van der Waals surface area contributed by atoms with Crippen molar-refractivity contribution in [3.05, 3.63) is 35.4 Å². The fourth-order valence-corrected chi connectivity index (χ4v) is 4.03. The lowest BCUT2D eigenvalue weighted by molar-refractivity contribution is -0.141. The number of halogens is 3. The summed E-state index contributed by atoms with van der Waals surface area (Å²) in [7, 11) is 0. The Morgan fingerprint density at radius 1 is 1.00 bits per heavy atom. The van der Waals surface area contributed by atoms with Crippen molar-refractivity contribution in [2.24, 2.45) is 5.92 Å². The van der Waals surface area contributed by atoms with Crippen molar-refractivity contribution in [3.63, 3.8) is 0 Å². The summed E-state index contributed by atoms with van der Waals surface area (Å²) in [5.74, 6) is 0.130. The summed E-state index contributed by atoms with van der Waals surface area (Å²) in [6, 6.07) is 5.21. The first-order valence-electron chi connectivity index (χ1n) is 10.4. The average molecular weight is 426 g/mol. The number of benzene rings is 1. The standard InChI is InChI=1S/C22H29F3N2O3/c1-21(2,3)30-20(29)26-18-10-6-15(7-11-18)19(28)27-12-16(13-27)14-4-8-17(9-5-14)22(23,24)25/h4-5,8-9,15-16,18H,6-7,10-13H2,1-3H3,(H,26,29)/t15-,18-. The third kappa shape index (κ3) is 5.67. The molecular formula is C22H29F3N2O3. The first kappa shape index (κ1) is 22.4. The molecule has 166 valence electrons.